The fraction of sp³-hybridized carbons (Fsp3) is 0.556. The van der Waals surface area contributed by atoms with Crippen molar-refractivity contribution in [2.24, 2.45) is 0 Å². The van der Waals surface area contributed by atoms with Gasteiger partial charge in [-0.15, -0.1) is 11.8 Å². The predicted octanol–water partition coefficient (Wildman–Crippen LogP) is 3.36. The zero-order chi connectivity index (χ0) is 7.23. The second-order valence-electron chi connectivity index (χ2n) is 2.43. The van der Waals surface area contributed by atoms with Gasteiger partial charge in [-0.25, -0.2) is 0 Å². The highest BCUT2D eigenvalue weighted by molar-refractivity contribution is 8.03. The second kappa shape index (κ2) is 4.62. The van der Waals surface area contributed by atoms with Gasteiger partial charge in [0, 0.05) is 4.91 Å². The van der Waals surface area contributed by atoms with Crippen molar-refractivity contribution in [1.82, 2.24) is 0 Å². The SMILES string of the molecule is CCCSC1=CCCC=C1. The fourth-order valence-electron chi connectivity index (χ4n) is 0.916. The Kier molecular flexibility index (Phi) is 3.66. The van der Waals surface area contributed by atoms with Crippen LogP contribution in [0.5, 0.6) is 0 Å². The molecule has 56 valence electrons. The first-order valence-electron chi connectivity index (χ1n) is 3.93. The third-order valence-electron chi connectivity index (χ3n) is 1.43. The lowest BCUT2D eigenvalue weighted by molar-refractivity contribution is 1.03. The van der Waals surface area contributed by atoms with E-state index in [1.807, 2.05) is 11.8 Å². The minimum atomic E-state index is 1.23. The molecule has 0 amide bonds. The fourth-order valence-corrected chi connectivity index (χ4v) is 1.78. The molecule has 0 aromatic rings. The molecular formula is C9H14S. The Hall–Kier alpha value is -0.170. The minimum Gasteiger partial charge on any atom is -0.127 e. The van der Waals surface area contributed by atoms with E-state index in [4.69, 9.17) is 0 Å². The van der Waals surface area contributed by atoms with E-state index in [0.29, 0.717) is 0 Å². The summed E-state index contributed by atoms with van der Waals surface area (Å²) in [6, 6.07) is 0. The minimum absolute atomic E-state index is 1.23. The summed E-state index contributed by atoms with van der Waals surface area (Å²) >= 11 is 1.97. The monoisotopic (exact) mass is 154 g/mol. The van der Waals surface area contributed by atoms with E-state index >= 15 is 0 Å². The van der Waals surface area contributed by atoms with Crippen LogP contribution in [0.1, 0.15) is 26.2 Å². The molecule has 0 spiro atoms. The van der Waals surface area contributed by atoms with Crippen LogP contribution in [-0.2, 0) is 0 Å². The first kappa shape index (κ1) is 7.93. The molecule has 1 rings (SSSR count). The highest BCUT2D eigenvalue weighted by Gasteiger charge is 1.95. The van der Waals surface area contributed by atoms with Crippen LogP contribution < -0.4 is 0 Å². The molecule has 1 aliphatic rings. The lowest BCUT2D eigenvalue weighted by Gasteiger charge is -2.04. The third-order valence-corrected chi connectivity index (χ3v) is 2.68. The molecule has 0 aromatic carbocycles. The Balaban J connectivity index is 2.26. The van der Waals surface area contributed by atoms with Crippen LogP contribution in [0.3, 0.4) is 0 Å². The number of allylic oxidation sites excluding steroid dienone is 3. The Morgan fingerprint density at radius 1 is 1.50 bits per heavy atom. The van der Waals surface area contributed by atoms with Gasteiger partial charge in [0.2, 0.25) is 0 Å². The van der Waals surface area contributed by atoms with Crippen LogP contribution in [0.15, 0.2) is 23.1 Å². The van der Waals surface area contributed by atoms with Gasteiger partial charge < -0.3 is 0 Å². The highest BCUT2D eigenvalue weighted by atomic mass is 32.2. The van der Waals surface area contributed by atoms with Crippen molar-refractivity contribution >= 4 is 11.8 Å². The maximum atomic E-state index is 2.33. The Bertz CT molecular complexity index is 145. The molecule has 0 heterocycles. The zero-order valence-corrected chi connectivity index (χ0v) is 7.29. The van der Waals surface area contributed by atoms with Crippen LogP contribution in [0, 0.1) is 0 Å². The quantitative estimate of drug-likeness (QED) is 0.600. The molecule has 0 radical (unpaired) electrons. The van der Waals surface area contributed by atoms with Crippen molar-refractivity contribution in [3.05, 3.63) is 23.1 Å². The van der Waals surface area contributed by atoms with Gasteiger partial charge in [0.05, 0.1) is 0 Å². The molecule has 0 aliphatic heterocycles. The van der Waals surface area contributed by atoms with Crippen molar-refractivity contribution in [1.29, 1.82) is 0 Å². The molecule has 0 N–H and O–H groups in total. The Morgan fingerprint density at radius 2 is 2.40 bits per heavy atom. The predicted molar refractivity (Wildman–Crippen MR) is 49.2 cm³/mol. The van der Waals surface area contributed by atoms with Crippen molar-refractivity contribution in [2.45, 2.75) is 26.2 Å². The van der Waals surface area contributed by atoms with Gasteiger partial charge in [-0.3, -0.25) is 0 Å². The molecule has 0 saturated heterocycles. The highest BCUT2D eigenvalue weighted by Crippen LogP contribution is 2.22. The van der Waals surface area contributed by atoms with Crippen LogP contribution in [0.25, 0.3) is 0 Å². The Labute approximate surface area is 67.4 Å². The lowest BCUT2D eigenvalue weighted by atomic mass is 10.2. The number of hydrogen-bond acceptors (Lipinski definition) is 1. The van der Waals surface area contributed by atoms with Crippen LogP contribution in [0.4, 0.5) is 0 Å². The van der Waals surface area contributed by atoms with Gasteiger partial charge in [-0.05, 0) is 25.0 Å². The molecular weight excluding hydrogens is 140 g/mol. The first-order chi connectivity index (χ1) is 4.93. The Morgan fingerprint density at radius 3 is 3.00 bits per heavy atom. The largest absolute Gasteiger partial charge is 0.127 e. The van der Waals surface area contributed by atoms with E-state index in [9.17, 15) is 0 Å². The van der Waals surface area contributed by atoms with E-state index in [-0.39, 0.29) is 0 Å². The van der Waals surface area contributed by atoms with Gasteiger partial charge in [-0.2, -0.15) is 0 Å². The molecule has 0 bridgehead atoms. The van der Waals surface area contributed by atoms with Gasteiger partial charge >= 0.3 is 0 Å². The average molecular weight is 154 g/mol. The molecule has 0 fully saturated rings. The summed E-state index contributed by atoms with van der Waals surface area (Å²) < 4.78 is 0. The maximum absolute atomic E-state index is 2.33. The van der Waals surface area contributed by atoms with Gasteiger partial charge in [-0.1, -0.05) is 25.2 Å². The van der Waals surface area contributed by atoms with Crippen LogP contribution >= 0.6 is 11.8 Å². The van der Waals surface area contributed by atoms with Crippen molar-refractivity contribution in [3.8, 4) is 0 Å². The number of rotatable bonds is 3. The normalized spacial score (nSPS) is 17.1. The summed E-state index contributed by atoms with van der Waals surface area (Å²) in [5.41, 5.74) is 0. The van der Waals surface area contributed by atoms with E-state index in [2.05, 4.69) is 25.2 Å². The van der Waals surface area contributed by atoms with Gasteiger partial charge in [0.15, 0.2) is 0 Å². The summed E-state index contributed by atoms with van der Waals surface area (Å²) in [6.07, 6.45) is 10.6. The molecule has 0 aromatic heterocycles. The van der Waals surface area contributed by atoms with Crippen molar-refractivity contribution in [3.63, 3.8) is 0 Å². The van der Waals surface area contributed by atoms with Gasteiger partial charge in [0.25, 0.3) is 0 Å². The molecule has 0 atom stereocenters. The third kappa shape index (κ3) is 2.61. The second-order valence-corrected chi connectivity index (χ2v) is 3.60. The van der Waals surface area contributed by atoms with Crippen LogP contribution in [-0.4, -0.2) is 5.75 Å². The maximum Gasteiger partial charge on any atom is 0.00289 e. The van der Waals surface area contributed by atoms with Crippen molar-refractivity contribution in [2.75, 3.05) is 5.75 Å². The van der Waals surface area contributed by atoms with Crippen molar-refractivity contribution < 1.29 is 0 Å². The molecule has 0 saturated carbocycles. The average Bonchev–Trinajstić information content (AvgIpc) is 2.03. The number of thioether (sulfide) groups is 1. The summed E-state index contributed by atoms with van der Waals surface area (Å²) in [7, 11) is 0. The topological polar surface area (TPSA) is 0 Å². The lowest BCUT2D eigenvalue weighted by Crippen LogP contribution is -1.81. The molecule has 0 nitrogen and oxygen atoms in total. The first-order valence-corrected chi connectivity index (χ1v) is 4.91. The van der Waals surface area contributed by atoms with Gasteiger partial charge in [0.1, 0.15) is 0 Å². The summed E-state index contributed by atoms with van der Waals surface area (Å²) in [5.74, 6) is 1.26. The smallest absolute Gasteiger partial charge is 0.00289 e. The van der Waals surface area contributed by atoms with E-state index < -0.39 is 0 Å². The zero-order valence-electron chi connectivity index (χ0n) is 6.47. The summed E-state index contributed by atoms with van der Waals surface area (Å²) in [6.45, 7) is 2.22. The summed E-state index contributed by atoms with van der Waals surface area (Å²) in [5, 5.41) is 0. The van der Waals surface area contributed by atoms with E-state index in [0.717, 1.165) is 0 Å². The molecule has 1 aliphatic carbocycles. The summed E-state index contributed by atoms with van der Waals surface area (Å²) in [4.78, 5) is 1.47. The standard InChI is InChI=1S/C9H14S/c1-2-8-10-9-6-4-3-5-7-9/h4,6-7H,2-3,5,8H2,1H3. The van der Waals surface area contributed by atoms with E-state index in [1.165, 1.54) is 29.9 Å². The number of hydrogen-bond donors (Lipinski definition) is 0. The molecule has 1 heteroatoms. The van der Waals surface area contributed by atoms with E-state index in [1.54, 1.807) is 0 Å². The molecule has 0 unspecified atom stereocenters. The van der Waals surface area contributed by atoms with Crippen LogP contribution in [0.2, 0.25) is 0 Å². The molecule has 10 heavy (non-hydrogen) atoms.